The SMILES string of the molecule is CCOC(=O)CCCC(=O)N1CCCCC1c1ccc(Cl)c(Cl)c1.NC1CCN(C(CCNC=O)CCc2ccccc2)C1. The Kier molecular flexibility index (Phi) is 16.0. The maximum absolute atomic E-state index is 12.6. The van der Waals surface area contributed by atoms with Gasteiger partial charge in [0.05, 0.1) is 22.7 Å². The first-order valence-corrected chi connectivity index (χ1v) is 16.7. The van der Waals surface area contributed by atoms with E-state index in [9.17, 15) is 14.4 Å². The summed E-state index contributed by atoms with van der Waals surface area (Å²) in [5, 5.41) is 3.80. The quantitative estimate of drug-likeness (QED) is 0.150. The Morgan fingerprint density at radius 2 is 1.84 bits per heavy atom. The number of rotatable bonds is 14. The monoisotopic (exact) mass is 646 g/mol. The summed E-state index contributed by atoms with van der Waals surface area (Å²) in [7, 11) is 0. The minimum Gasteiger partial charge on any atom is -0.466 e. The summed E-state index contributed by atoms with van der Waals surface area (Å²) in [4.78, 5) is 38.8. The summed E-state index contributed by atoms with van der Waals surface area (Å²) in [5.74, 6) is -0.167. The normalized spacial score (nSPS) is 19.0. The van der Waals surface area contributed by atoms with Crippen LogP contribution in [0.2, 0.25) is 10.0 Å². The van der Waals surface area contributed by atoms with Gasteiger partial charge in [0.2, 0.25) is 12.3 Å². The number of nitrogens with two attached hydrogens (primary N) is 1. The van der Waals surface area contributed by atoms with Crippen LogP contribution in [0.5, 0.6) is 0 Å². The van der Waals surface area contributed by atoms with Gasteiger partial charge < -0.3 is 20.7 Å². The molecule has 10 heteroatoms. The molecule has 8 nitrogen and oxygen atoms in total. The fraction of sp³-hybridized carbons (Fsp3) is 0.559. The zero-order valence-electron chi connectivity index (χ0n) is 25.9. The van der Waals surface area contributed by atoms with E-state index >= 15 is 0 Å². The van der Waals surface area contributed by atoms with Crippen molar-refractivity contribution >= 4 is 41.5 Å². The van der Waals surface area contributed by atoms with Crippen LogP contribution in [0.4, 0.5) is 0 Å². The van der Waals surface area contributed by atoms with Crippen LogP contribution in [0.1, 0.15) is 81.9 Å². The van der Waals surface area contributed by atoms with Crippen molar-refractivity contribution in [3.63, 3.8) is 0 Å². The number of hydrogen-bond donors (Lipinski definition) is 2. The average Bonchev–Trinajstić information content (AvgIpc) is 3.47. The fourth-order valence-electron chi connectivity index (χ4n) is 6.00. The van der Waals surface area contributed by atoms with Gasteiger partial charge in [-0.2, -0.15) is 0 Å². The van der Waals surface area contributed by atoms with Crippen molar-refractivity contribution in [2.24, 2.45) is 5.73 Å². The first-order valence-electron chi connectivity index (χ1n) is 15.9. The van der Waals surface area contributed by atoms with Crippen molar-refractivity contribution in [3.05, 3.63) is 69.7 Å². The first kappa shape index (κ1) is 35.8. The molecule has 0 bridgehead atoms. The third kappa shape index (κ3) is 12.0. The van der Waals surface area contributed by atoms with Crippen LogP contribution in [0, 0.1) is 0 Å². The largest absolute Gasteiger partial charge is 0.466 e. The predicted octanol–water partition coefficient (Wildman–Crippen LogP) is 5.94. The van der Waals surface area contributed by atoms with E-state index in [0.717, 1.165) is 83.1 Å². The van der Waals surface area contributed by atoms with E-state index in [1.807, 2.05) is 17.0 Å². The molecule has 242 valence electrons. The van der Waals surface area contributed by atoms with Crippen molar-refractivity contribution in [1.29, 1.82) is 0 Å². The molecule has 2 aromatic carbocycles. The molecule has 2 saturated heterocycles. The van der Waals surface area contributed by atoms with Crippen molar-refractivity contribution < 1.29 is 19.1 Å². The molecular formula is C34H48Cl2N4O4. The van der Waals surface area contributed by atoms with Crippen molar-refractivity contribution in [1.82, 2.24) is 15.1 Å². The van der Waals surface area contributed by atoms with Gasteiger partial charge in [0.15, 0.2) is 0 Å². The van der Waals surface area contributed by atoms with Crippen molar-refractivity contribution in [3.8, 4) is 0 Å². The lowest BCUT2D eigenvalue weighted by Gasteiger charge is -2.36. The summed E-state index contributed by atoms with van der Waals surface area (Å²) < 4.78 is 4.89. The Labute approximate surface area is 272 Å². The summed E-state index contributed by atoms with van der Waals surface area (Å²) in [6.45, 7) is 5.71. The fourth-order valence-corrected chi connectivity index (χ4v) is 6.31. The van der Waals surface area contributed by atoms with Crippen LogP contribution in [-0.4, -0.2) is 73.0 Å². The topological polar surface area (TPSA) is 105 Å². The van der Waals surface area contributed by atoms with E-state index in [-0.39, 0.29) is 24.3 Å². The first-order chi connectivity index (χ1) is 21.3. The number of likely N-dealkylation sites (tertiary alicyclic amines) is 2. The molecule has 0 aliphatic carbocycles. The van der Waals surface area contributed by atoms with Gasteiger partial charge in [-0.25, -0.2) is 0 Å². The van der Waals surface area contributed by atoms with Gasteiger partial charge in [0, 0.05) is 51.1 Å². The van der Waals surface area contributed by atoms with E-state index in [2.05, 4.69) is 40.5 Å². The lowest BCUT2D eigenvalue weighted by molar-refractivity contribution is -0.143. The summed E-state index contributed by atoms with van der Waals surface area (Å²) in [6.07, 6.45) is 9.23. The highest BCUT2D eigenvalue weighted by Crippen LogP contribution is 2.34. The molecule has 2 aromatic rings. The van der Waals surface area contributed by atoms with Gasteiger partial charge in [0.25, 0.3) is 0 Å². The molecule has 0 aromatic heterocycles. The van der Waals surface area contributed by atoms with Gasteiger partial charge in [-0.3, -0.25) is 19.3 Å². The number of halogens is 2. The number of amides is 2. The van der Waals surface area contributed by atoms with Crippen LogP contribution in [0.3, 0.4) is 0 Å². The predicted molar refractivity (Wildman–Crippen MR) is 177 cm³/mol. The van der Waals surface area contributed by atoms with Crippen LogP contribution in [0.25, 0.3) is 0 Å². The smallest absolute Gasteiger partial charge is 0.305 e. The van der Waals surface area contributed by atoms with E-state index in [1.54, 1.807) is 13.0 Å². The summed E-state index contributed by atoms with van der Waals surface area (Å²) >= 11 is 12.1. The summed E-state index contributed by atoms with van der Waals surface area (Å²) in [5.41, 5.74) is 8.41. The van der Waals surface area contributed by atoms with Crippen LogP contribution in [0.15, 0.2) is 48.5 Å². The number of ether oxygens (including phenoxy) is 1. The number of carbonyl (C=O) groups excluding carboxylic acids is 3. The van der Waals surface area contributed by atoms with Gasteiger partial charge in [0.1, 0.15) is 0 Å². The minimum atomic E-state index is -0.245. The maximum Gasteiger partial charge on any atom is 0.305 e. The van der Waals surface area contributed by atoms with Gasteiger partial charge in [-0.15, -0.1) is 0 Å². The Balaban J connectivity index is 0.000000244. The zero-order valence-corrected chi connectivity index (χ0v) is 27.4. The molecule has 2 heterocycles. The Morgan fingerprint density at radius 1 is 1.05 bits per heavy atom. The third-order valence-corrected chi connectivity index (χ3v) is 9.05. The minimum absolute atomic E-state index is 0.0311. The van der Waals surface area contributed by atoms with E-state index in [0.29, 0.717) is 41.6 Å². The molecule has 0 spiro atoms. The third-order valence-electron chi connectivity index (χ3n) is 8.32. The molecule has 2 fully saturated rings. The average molecular weight is 648 g/mol. The second kappa shape index (κ2) is 19.7. The Bertz CT molecular complexity index is 1170. The highest BCUT2D eigenvalue weighted by Gasteiger charge is 2.28. The van der Waals surface area contributed by atoms with Crippen molar-refractivity contribution in [2.45, 2.75) is 89.3 Å². The molecule has 2 aliphatic heterocycles. The van der Waals surface area contributed by atoms with Gasteiger partial charge in [-0.1, -0.05) is 59.6 Å². The van der Waals surface area contributed by atoms with Crippen LogP contribution >= 0.6 is 23.2 Å². The highest BCUT2D eigenvalue weighted by atomic mass is 35.5. The number of hydrogen-bond acceptors (Lipinski definition) is 6. The second-order valence-electron chi connectivity index (χ2n) is 11.5. The summed E-state index contributed by atoms with van der Waals surface area (Å²) in [6, 6.07) is 17.0. The van der Waals surface area contributed by atoms with Crippen molar-refractivity contribution in [2.75, 3.05) is 32.8 Å². The number of aryl methyl sites for hydroxylation is 1. The number of piperidine rings is 1. The molecule has 0 radical (unpaired) electrons. The number of benzene rings is 2. The molecule has 2 aliphatic rings. The second-order valence-corrected chi connectivity index (χ2v) is 12.3. The number of esters is 1. The van der Waals surface area contributed by atoms with Crippen LogP contribution in [-0.2, 0) is 25.5 Å². The number of carbonyl (C=O) groups is 3. The van der Waals surface area contributed by atoms with E-state index in [4.69, 9.17) is 33.7 Å². The molecule has 3 atom stereocenters. The lowest BCUT2D eigenvalue weighted by atomic mass is 9.94. The standard InChI is InChI=1S/C18H23Cl2NO3.C16H25N3O/c1-2-24-18(23)8-5-7-17(22)21-11-4-3-6-16(21)13-9-10-14(19)15(20)12-13;17-15-9-11-19(12-15)16(8-10-18-13-20)7-6-14-4-2-1-3-5-14/h9-10,12,16H,2-8,11H2,1H3;1-5,13,15-16H,6-12,17H2,(H,18,20). The van der Waals surface area contributed by atoms with Crippen LogP contribution < -0.4 is 11.1 Å². The van der Waals surface area contributed by atoms with E-state index in [1.165, 1.54) is 5.56 Å². The molecule has 3 N–H and O–H groups in total. The zero-order chi connectivity index (χ0) is 31.7. The molecule has 0 saturated carbocycles. The molecule has 4 rings (SSSR count). The molecular weight excluding hydrogens is 599 g/mol. The Morgan fingerprint density at radius 3 is 2.52 bits per heavy atom. The molecule has 44 heavy (non-hydrogen) atoms. The van der Waals surface area contributed by atoms with E-state index < -0.39 is 0 Å². The Hall–Kier alpha value is -2.65. The van der Waals surface area contributed by atoms with Gasteiger partial charge in [-0.05, 0) is 81.5 Å². The molecule has 2 amide bonds. The highest BCUT2D eigenvalue weighted by molar-refractivity contribution is 6.42. The maximum atomic E-state index is 12.6. The van der Waals surface area contributed by atoms with Gasteiger partial charge >= 0.3 is 5.97 Å². The molecule has 3 unspecified atom stereocenters. The lowest BCUT2D eigenvalue weighted by Crippen LogP contribution is -2.38. The number of nitrogens with one attached hydrogen (secondary N) is 1. The number of nitrogens with zero attached hydrogens (tertiary/aromatic N) is 2.